The normalized spacial score (nSPS) is 17.1. The lowest BCUT2D eigenvalue weighted by atomic mass is 10.1. The van der Waals surface area contributed by atoms with Crippen molar-refractivity contribution in [2.75, 3.05) is 44.8 Å². The Morgan fingerprint density at radius 3 is 2.53 bits per heavy atom. The van der Waals surface area contributed by atoms with Crippen LogP contribution in [0.3, 0.4) is 0 Å². The predicted molar refractivity (Wildman–Crippen MR) is 137 cm³/mol. The predicted octanol–water partition coefficient (Wildman–Crippen LogP) is 4.23. The van der Waals surface area contributed by atoms with Gasteiger partial charge in [-0.1, -0.05) is 0 Å². The van der Waals surface area contributed by atoms with Crippen molar-refractivity contribution in [2.45, 2.75) is 25.5 Å². The molecule has 0 spiro atoms. The summed E-state index contributed by atoms with van der Waals surface area (Å²) in [5, 5.41) is 3.92. The van der Waals surface area contributed by atoms with Gasteiger partial charge in [0, 0.05) is 73.8 Å². The highest BCUT2D eigenvalue weighted by Gasteiger charge is 2.19. The summed E-state index contributed by atoms with van der Waals surface area (Å²) in [4.78, 5) is 15.3. The summed E-state index contributed by atoms with van der Waals surface area (Å²) in [7, 11) is 0. The van der Waals surface area contributed by atoms with Gasteiger partial charge in [-0.15, -0.1) is 0 Å². The zero-order chi connectivity index (χ0) is 25.9. The standard InChI is InChI=1S/C27H28F2N6O3/c28-23-14-20(15-24(29)22(23)17-34-7-11-37-12-8-34)35-6-2-18-16-31-27(33-26(18)35)32-19-1-5-30-25(13-19)38-21-3-9-36-10-4-21/h1-2,5-6,13-16,21H,3-4,7-12,17H2,(H,30,31,32,33). The van der Waals surface area contributed by atoms with Crippen LogP contribution in [-0.4, -0.2) is 70.0 Å². The minimum Gasteiger partial charge on any atom is -0.474 e. The van der Waals surface area contributed by atoms with Gasteiger partial charge in [-0.2, -0.15) is 4.98 Å². The SMILES string of the molecule is Fc1cc(-n2ccc3cnc(Nc4ccnc(OC5CCOCC5)c4)nc32)cc(F)c1CN1CCOCC1. The highest BCUT2D eigenvalue weighted by Crippen LogP contribution is 2.26. The molecule has 11 heteroatoms. The molecule has 9 nitrogen and oxygen atoms in total. The van der Waals surface area contributed by atoms with Gasteiger partial charge >= 0.3 is 0 Å². The van der Waals surface area contributed by atoms with E-state index in [1.54, 1.807) is 35.3 Å². The van der Waals surface area contributed by atoms with Crippen molar-refractivity contribution < 1.29 is 23.0 Å². The maximum atomic E-state index is 15.0. The molecule has 1 N–H and O–H groups in total. The molecular weight excluding hydrogens is 494 g/mol. The summed E-state index contributed by atoms with van der Waals surface area (Å²) in [5.74, 6) is -0.329. The molecule has 0 amide bonds. The Kier molecular flexibility index (Phi) is 7.12. The van der Waals surface area contributed by atoms with E-state index in [1.807, 2.05) is 11.0 Å². The largest absolute Gasteiger partial charge is 0.474 e. The molecule has 1 aromatic carbocycles. The van der Waals surface area contributed by atoms with Crippen LogP contribution in [0.2, 0.25) is 0 Å². The molecule has 0 radical (unpaired) electrons. The van der Waals surface area contributed by atoms with E-state index >= 15 is 8.78 Å². The Morgan fingerprint density at radius 2 is 1.74 bits per heavy atom. The third kappa shape index (κ3) is 5.45. The molecule has 2 aliphatic rings. The number of nitrogens with one attached hydrogen (secondary N) is 1. The summed E-state index contributed by atoms with van der Waals surface area (Å²) in [6.45, 7) is 4.00. The second-order valence-electron chi connectivity index (χ2n) is 9.37. The Morgan fingerprint density at radius 1 is 0.974 bits per heavy atom. The molecule has 0 atom stereocenters. The number of benzene rings is 1. The number of hydrogen-bond donors (Lipinski definition) is 1. The Labute approximate surface area is 218 Å². The van der Waals surface area contributed by atoms with E-state index in [1.165, 1.54) is 12.1 Å². The molecular formula is C27H28F2N6O3. The molecule has 0 aliphatic carbocycles. The lowest BCUT2D eigenvalue weighted by Crippen LogP contribution is -2.36. The van der Waals surface area contributed by atoms with Gasteiger partial charge in [0.15, 0.2) is 0 Å². The minimum absolute atomic E-state index is 0.0561. The average Bonchev–Trinajstić information content (AvgIpc) is 3.35. The number of pyridine rings is 1. The summed E-state index contributed by atoms with van der Waals surface area (Å²) < 4.78 is 48.5. The second-order valence-corrected chi connectivity index (χ2v) is 9.37. The van der Waals surface area contributed by atoms with Crippen LogP contribution in [0.25, 0.3) is 16.7 Å². The molecule has 38 heavy (non-hydrogen) atoms. The van der Waals surface area contributed by atoms with Gasteiger partial charge in [0.1, 0.15) is 23.4 Å². The third-order valence-electron chi connectivity index (χ3n) is 6.76. The topological polar surface area (TPSA) is 86.6 Å². The van der Waals surface area contributed by atoms with E-state index in [0.29, 0.717) is 68.4 Å². The Bertz CT molecular complexity index is 1400. The van der Waals surface area contributed by atoms with Gasteiger partial charge in [0.25, 0.3) is 0 Å². The maximum Gasteiger partial charge on any atom is 0.229 e. The molecule has 0 bridgehead atoms. The van der Waals surface area contributed by atoms with Crippen molar-refractivity contribution in [2.24, 2.45) is 0 Å². The molecule has 3 aromatic heterocycles. The van der Waals surface area contributed by atoms with Crippen LogP contribution >= 0.6 is 0 Å². The van der Waals surface area contributed by atoms with Gasteiger partial charge < -0.3 is 24.1 Å². The molecule has 4 aromatic rings. The summed E-state index contributed by atoms with van der Waals surface area (Å²) in [5.41, 5.74) is 1.64. The van der Waals surface area contributed by atoms with E-state index in [4.69, 9.17) is 14.2 Å². The van der Waals surface area contributed by atoms with E-state index in [9.17, 15) is 0 Å². The summed E-state index contributed by atoms with van der Waals surface area (Å²) in [6.07, 6.45) is 6.77. The zero-order valence-electron chi connectivity index (χ0n) is 20.8. The van der Waals surface area contributed by atoms with Crippen molar-refractivity contribution in [3.63, 3.8) is 0 Å². The lowest BCUT2D eigenvalue weighted by molar-refractivity contribution is 0.0238. The number of fused-ring (bicyclic) bond motifs is 1. The highest BCUT2D eigenvalue weighted by atomic mass is 19.1. The van der Waals surface area contributed by atoms with Crippen LogP contribution < -0.4 is 10.1 Å². The Hall–Kier alpha value is -3.67. The first kappa shape index (κ1) is 24.7. The monoisotopic (exact) mass is 522 g/mol. The molecule has 198 valence electrons. The van der Waals surface area contributed by atoms with Gasteiger partial charge in [-0.25, -0.2) is 18.7 Å². The number of aromatic nitrogens is 4. The van der Waals surface area contributed by atoms with E-state index < -0.39 is 11.6 Å². The maximum absolute atomic E-state index is 15.0. The molecule has 5 heterocycles. The summed E-state index contributed by atoms with van der Waals surface area (Å²) >= 11 is 0. The smallest absolute Gasteiger partial charge is 0.229 e. The average molecular weight is 523 g/mol. The van der Waals surface area contributed by atoms with E-state index in [2.05, 4.69) is 20.3 Å². The van der Waals surface area contributed by atoms with E-state index in [0.717, 1.165) is 18.2 Å². The quantitative estimate of drug-likeness (QED) is 0.386. The van der Waals surface area contributed by atoms with Crippen LogP contribution in [0.5, 0.6) is 5.88 Å². The first-order chi connectivity index (χ1) is 18.6. The summed E-state index contributed by atoms with van der Waals surface area (Å²) in [6, 6.07) is 8.08. The van der Waals surface area contributed by atoms with Gasteiger partial charge in [0.05, 0.1) is 32.1 Å². The fourth-order valence-corrected chi connectivity index (χ4v) is 4.69. The van der Waals surface area contributed by atoms with Crippen LogP contribution in [0.4, 0.5) is 20.4 Å². The van der Waals surface area contributed by atoms with Crippen molar-refractivity contribution in [3.05, 3.63) is 66.1 Å². The molecule has 6 rings (SSSR count). The fraction of sp³-hybridized carbons (Fsp3) is 0.370. The van der Waals surface area contributed by atoms with Crippen molar-refractivity contribution in [1.82, 2.24) is 24.4 Å². The number of anilines is 2. The number of nitrogens with zero attached hydrogens (tertiary/aromatic N) is 5. The van der Waals surface area contributed by atoms with Gasteiger partial charge in [-0.3, -0.25) is 4.90 Å². The first-order valence-electron chi connectivity index (χ1n) is 12.7. The van der Waals surface area contributed by atoms with Crippen molar-refractivity contribution in [3.8, 4) is 11.6 Å². The fourth-order valence-electron chi connectivity index (χ4n) is 4.69. The molecule has 0 saturated carbocycles. The number of rotatable bonds is 7. The second kappa shape index (κ2) is 11.0. The van der Waals surface area contributed by atoms with Crippen LogP contribution in [0.15, 0.2) is 48.9 Å². The molecule has 2 saturated heterocycles. The number of hydrogen-bond acceptors (Lipinski definition) is 8. The number of morpholine rings is 1. The van der Waals surface area contributed by atoms with E-state index in [-0.39, 0.29) is 18.2 Å². The van der Waals surface area contributed by atoms with Crippen molar-refractivity contribution >= 4 is 22.7 Å². The van der Waals surface area contributed by atoms with Gasteiger partial charge in [-0.05, 0) is 24.3 Å². The lowest BCUT2D eigenvalue weighted by Gasteiger charge is -2.27. The van der Waals surface area contributed by atoms with Crippen LogP contribution in [0, 0.1) is 11.6 Å². The first-order valence-corrected chi connectivity index (χ1v) is 12.7. The highest BCUT2D eigenvalue weighted by molar-refractivity contribution is 5.78. The van der Waals surface area contributed by atoms with Gasteiger partial charge in [0.2, 0.25) is 11.8 Å². The number of halogens is 2. The zero-order valence-corrected chi connectivity index (χ0v) is 20.8. The van der Waals surface area contributed by atoms with Crippen LogP contribution in [-0.2, 0) is 16.0 Å². The minimum atomic E-state index is -0.588. The van der Waals surface area contributed by atoms with Crippen molar-refractivity contribution in [1.29, 1.82) is 0 Å². The Balaban J connectivity index is 1.22. The number of ether oxygens (including phenoxy) is 3. The molecule has 2 aliphatic heterocycles. The molecule has 0 unspecified atom stereocenters. The molecule has 2 fully saturated rings. The van der Waals surface area contributed by atoms with Crippen LogP contribution in [0.1, 0.15) is 18.4 Å². The third-order valence-corrected chi connectivity index (χ3v) is 6.76.